The maximum absolute atomic E-state index is 15.2. The molecule has 3 N–H and O–H groups in total. The Kier molecular flexibility index (Phi) is 19.7. The van der Waals surface area contributed by atoms with Crippen LogP contribution in [0.25, 0.3) is 33.4 Å². The number of likely N-dealkylation sites (tertiary alicyclic amines) is 1. The van der Waals surface area contributed by atoms with E-state index in [9.17, 15) is 5.11 Å². The van der Waals surface area contributed by atoms with Gasteiger partial charge in [-0.15, -0.1) is 17.9 Å². The minimum absolute atomic E-state index is 0.0272. The van der Waals surface area contributed by atoms with Gasteiger partial charge in [-0.1, -0.05) is 72.4 Å². The average molecular weight is 1190 g/mol. The number of benzene rings is 1. The number of anilines is 1. The minimum atomic E-state index is -4.48. The lowest BCUT2D eigenvalue weighted by Gasteiger charge is -2.46. The maximum atomic E-state index is 15.2. The third-order valence-corrected chi connectivity index (χ3v) is 20.6. The molecule has 4 aromatic rings. The number of alkyl halides is 3. The molecule has 3 aliphatic carbocycles. The zero-order chi connectivity index (χ0) is 60.5. The summed E-state index contributed by atoms with van der Waals surface area (Å²) in [5.74, 6) is 2.17. The normalized spacial score (nSPS) is 21.3. The van der Waals surface area contributed by atoms with E-state index in [-0.39, 0.29) is 29.5 Å². The predicted molar refractivity (Wildman–Crippen MR) is 345 cm³/mol. The van der Waals surface area contributed by atoms with Crippen molar-refractivity contribution >= 4 is 35.8 Å². The molecule has 3 aromatic heterocycles. The molecule has 462 valence electrons. The van der Waals surface area contributed by atoms with E-state index in [2.05, 4.69) is 108 Å². The van der Waals surface area contributed by atoms with Crippen molar-refractivity contribution in [3.63, 3.8) is 0 Å². The van der Waals surface area contributed by atoms with Crippen molar-refractivity contribution < 1.29 is 18.3 Å². The second-order valence-electron chi connectivity index (χ2n) is 27.4. The Morgan fingerprint density at radius 1 is 0.941 bits per heavy atom. The van der Waals surface area contributed by atoms with E-state index in [1.165, 1.54) is 38.5 Å². The number of thiazole rings is 1. The molecule has 5 unspecified atom stereocenters. The summed E-state index contributed by atoms with van der Waals surface area (Å²) in [5, 5.41) is 21.3. The number of nitrogens with zero attached hydrogens (tertiary/aromatic N) is 9. The Labute approximate surface area is 512 Å². The van der Waals surface area contributed by atoms with E-state index in [4.69, 9.17) is 31.0 Å². The molecule has 0 amide bonds. The van der Waals surface area contributed by atoms with Crippen LogP contribution in [0.2, 0.25) is 0 Å². The van der Waals surface area contributed by atoms with E-state index >= 15 is 13.2 Å². The summed E-state index contributed by atoms with van der Waals surface area (Å²) in [6.07, 6.45) is 15.0. The summed E-state index contributed by atoms with van der Waals surface area (Å²) in [6.45, 7) is 40.7. The second kappa shape index (κ2) is 26.5. The van der Waals surface area contributed by atoms with Crippen molar-refractivity contribution in [1.29, 1.82) is 0 Å². The fourth-order valence-electron chi connectivity index (χ4n) is 14.9. The number of rotatable bonds is 28. The van der Waals surface area contributed by atoms with Crippen LogP contribution in [0.1, 0.15) is 154 Å². The third-order valence-electron chi connectivity index (χ3n) is 19.7. The molecule has 6 aliphatic rings. The van der Waals surface area contributed by atoms with Gasteiger partial charge < -0.3 is 34.7 Å². The molecule has 12 nitrogen and oxygen atoms in total. The van der Waals surface area contributed by atoms with E-state index in [1.807, 2.05) is 29.3 Å². The molecule has 85 heavy (non-hydrogen) atoms. The number of allylic oxidation sites excluding steroid dienone is 1. The van der Waals surface area contributed by atoms with E-state index < -0.39 is 18.3 Å². The highest BCUT2D eigenvalue weighted by atomic mass is 32.1. The molecule has 0 spiro atoms. The molecule has 6 heterocycles. The number of pyridine rings is 1. The van der Waals surface area contributed by atoms with Crippen LogP contribution in [0.5, 0.6) is 0 Å². The number of aromatic nitrogens is 3. The SMILES string of the molecule is [B]C(C)(O)N(C(=C)N(CC)CC1CCN(C(C(=C)NC(Cc2nc(-c3ccc4c(c3)c(CC(C)(C)CCC=C)c(-c3cc(N5CCN(C6CC6)CC5)cnc3C(C)C)n4CC(F)(F)F)cs2)C(=C)N2CCCCN2)C2CCCC2)C1)C(C)C1CC1. The molecule has 3 saturated heterocycles. The lowest BCUT2D eigenvalue weighted by Crippen LogP contribution is -2.55. The summed E-state index contributed by atoms with van der Waals surface area (Å²) in [7, 11) is 6.44. The van der Waals surface area contributed by atoms with Crippen molar-refractivity contribution in [2.45, 2.75) is 193 Å². The fourth-order valence-corrected chi connectivity index (χ4v) is 15.7. The first kappa shape index (κ1) is 63.2. The van der Waals surface area contributed by atoms with Crippen LogP contribution in [0.3, 0.4) is 0 Å². The number of hydrazine groups is 1. The van der Waals surface area contributed by atoms with Gasteiger partial charge in [0.1, 0.15) is 14.4 Å². The number of hydrogen-bond donors (Lipinski definition) is 3. The van der Waals surface area contributed by atoms with Crippen molar-refractivity contribution in [2.75, 3.05) is 70.3 Å². The number of hydrogen-bond acceptors (Lipinski definition) is 12. The smallest absolute Gasteiger partial charge is 0.381 e. The lowest BCUT2D eigenvalue weighted by atomic mass is 9.80. The number of fused-ring (bicyclic) bond motifs is 1. The number of aliphatic hydroxyl groups is 1. The van der Waals surface area contributed by atoms with Crippen LogP contribution >= 0.6 is 11.3 Å². The second-order valence-corrected chi connectivity index (χ2v) is 28.4. The quantitative estimate of drug-likeness (QED) is 0.0288. The largest absolute Gasteiger partial charge is 0.406 e. The van der Waals surface area contributed by atoms with Crippen molar-refractivity contribution in [3.8, 4) is 22.5 Å². The molecule has 6 fully saturated rings. The van der Waals surface area contributed by atoms with E-state index in [0.717, 1.165) is 172 Å². The van der Waals surface area contributed by atoms with Gasteiger partial charge in [0.05, 0.1) is 57.5 Å². The minimum Gasteiger partial charge on any atom is -0.381 e. The van der Waals surface area contributed by atoms with Gasteiger partial charge in [-0.3, -0.25) is 14.8 Å². The van der Waals surface area contributed by atoms with Crippen LogP contribution in [0, 0.1) is 23.2 Å². The molecule has 0 bridgehead atoms. The Balaban J connectivity index is 0.950. The van der Waals surface area contributed by atoms with Gasteiger partial charge in [0, 0.05) is 116 Å². The van der Waals surface area contributed by atoms with E-state index in [1.54, 1.807) is 22.8 Å². The van der Waals surface area contributed by atoms with Crippen molar-refractivity contribution in [1.82, 2.24) is 49.9 Å². The molecule has 5 atom stereocenters. The maximum Gasteiger partial charge on any atom is 0.406 e. The third kappa shape index (κ3) is 15.0. The van der Waals surface area contributed by atoms with Gasteiger partial charge in [0.15, 0.2) is 0 Å². The first-order valence-corrected chi connectivity index (χ1v) is 33.3. The fraction of sp³-hybridized carbons (Fsp3) is 0.647. The monoisotopic (exact) mass is 1190 g/mol. The van der Waals surface area contributed by atoms with Gasteiger partial charge in [0.25, 0.3) is 0 Å². The van der Waals surface area contributed by atoms with Crippen LogP contribution in [0.4, 0.5) is 18.9 Å². The lowest BCUT2D eigenvalue weighted by molar-refractivity contribution is -0.139. The molecular formula is C68H99BF3N11OS. The van der Waals surface area contributed by atoms with Crippen LogP contribution in [0.15, 0.2) is 85.4 Å². The Hall–Kier alpha value is -4.81. The summed E-state index contributed by atoms with van der Waals surface area (Å²) < 4.78 is 47.1. The number of piperazine rings is 1. The Bertz CT molecular complexity index is 2970. The highest BCUT2D eigenvalue weighted by Gasteiger charge is 2.42. The van der Waals surface area contributed by atoms with Gasteiger partial charge in [-0.25, -0.2) is 10.4 Å². The summed E-state index contributed by atoms with van der Waals surface area (Å²) in [5.41, 5.74) is 10.2. The van der Waals surface area contributed by atoms with Crippen LogP contribution in [-0.4, -0.2) is 154 Å². The van der Waals surface area contributed by atoms with Crippen LogP contribution in [-0.2, 0) is 19.4 Å². The molecular weight excluding hydrogens is 1090 g/mol. The predicted octanol–water partition coefficient (Wildman–Crippen LogP) is 13.1. The van der Waals surface area contributed by atoms with Crippen molar-refractivity contribution in [3.05, 3.63) is 102 Å². The number of nitrogens with one attached hydrogen (secondary N) is 2. The molecule has 1 aromatic carbocycles. The summed E-state index contributed by atoms with van der Waals surface area (Å²) in [6, 6.07) is 8.86. The first-order chi connectivity index (χ1) is 40.5. The molecule has 3 aliphatic heterocycles. The zero-order valence-corrected chi connectivity index (χ0v) is 53.3. The standard InChI is InChI=1S/C68H99BF3N11OS/c1-12-14-28-66(9,10)39-58-56-36-53(23-26-61(56)81(44-68(70,71)72)65(58)57-37-55(40-73-63(57)45(3)4)79-34-32-78(33-35-79)54-24-25-54)60-43-85-62(76-60)38-59(48(7)82-30-18-17-29-74-82)75-46(5)64(52-19-15-16-20-52)80-31-27-50(42-80)41-77(13-2)49(8)83(67(11,69)84)47(6)51-21-22-51/h12,23,26,36-37,40,43,45,47,50-52,54,59,64,74-75,84H,1,5,7-8,13-22,24-25,27-35,38-39,41-42,44H2,2-4,6,9-11H3. The average Bonchev–Trinajstić information content (AvgIpc) is 3.23. The van der Waals surface area contributed by atoms with Gasteiger partial charge in [0.2, 0.25) is 0 Å². The van der Waals surface area contributed by atoms with Crippen LogP contribution < -0.4 is 15.6 Å². The first-order valence-electron chi connectivity index (χ1n) is 32.4. The molecule has 3 saturated carbocycles. The number of halogens is 3. The molecule has 17 heteroatoms. The van der Waals surface area contributed by atoms with E-state index in [0.29, 0.717) is 47.8 Å². The van der Waals surface area contributed by atoms with Gasteiger partial charge in [-0.2, -0.15) is 13.2 Å². The summed E-state index contributed by atoms with van der Waals surface area (Å²) in [4.78, 5) is 22.4. The topological polar surface area (TPSA) is 94.4 Å². The van der Waals surface area contributed by atoms with Crippen molar-refractivity contribution in [2.24, 2.45) is 23.2 Å². The Morgan fingerprint density at radius 2 is 1.68 bits per heavy atom. The zero-order valence-electron chi connectivity index (χ0n) is 52.5. The highest BCUT2D eigenvalue weighted by molar-refractivity contribution is 7.10. The molecule has 2 radical (unpaired) electrons. The highest BCUT2D eigenvalue weighted by Crippen LogP contribution is 2.46. The van der Waals surface area contributed by atoms with Gasteiger partial charge in [-0.05, 0) is 157 Å². The summed E-state index contributed by atoms with van der Waals surface area (Å²) >= 11 is 1.62. The molecule has 10 rings (SSSR count). The Morgan fingerprint density at radius 3 is 2.32 bits per heavy atom. The van der Waals surface area contributed by atoms with Gasteiger partial charge >= 0.3 is 6.18 Å².